The fraction of sp³-hybridized carbons (Fsp3) is 0.368. The largest absolute Gasteiger partial charge is 0.483 e. The number of carbonyl (C=O) groups excluding carboxylic acids is 1. The molecule has 0 fully saturated rings. The molecule has 0 bridgehead atoms. The highest BCUT2D eigenvalue weighted by molar-refractivity contribution is 5.91. The average molecular weight is 343 g/mol. The van der Waals surface area contributed by atoms with Crippen LogP contribution in [0.3, 0.4) is 0 Å². The van der Waals surface area contributed by atoms with Crippen LogP contribution in [-0.4, -0.2) is 49.6 Å². The molecule has 0 unspecified atom stereocenters. The van der Waals surface area contributed by atoms with Gasteiger partial charge in [0, 0.05) is 24.5 Å². The maximum Gasteiger partial charge on any atom is 0.262 e. The molecule has 0 saturated heterocycles. The Bertz CT molecular complexity index is 689. The van der Waals surface area contributed by atoms with E-state index in [2.05, 4.69) is 17.2 Å². The van der Waals surface area contributed by atoms with Crippen molar-refractivity contribution in [1.29, 1.82) is 0 Å². The highest BCUT2D eigenvalue weighted by atomic mass is 16.5. The number of para-hydroxylation sites is 1. The van der Waals surface area contributed by atoms with Crippen LogP contribution < -0.4 is 14.8 Å². The zero-order valence-corrected chi connectivity index (χ0v) is 15.0. The fourth-order valence-electron chi connectivity index (χ4n) is 2.18. The van der Waals surface area contributed by atoms with E-state index in [1.54, 1.807) is 18.3 Å². The molecular weight excluding hydrogens is 318 g/mol. The topological polar surface area (TPSA) is 63.7 Å². The predicted octanol–water partition coefficient (Wildman–Crippen LogP) is 2.60. The van der Waals surface area contributed by atoms with Crippen LogP contribution in [0.5, 0.6) is 11.6 Å². The van der Waals surface area contributed by atoms with E-state index >= 15 is 0 Å². The molecule has 0 radical (unpaired) electrons. The first-order chi connectivity index (χ1) is 12.1. The molecule has 0 saturated carbocycles. The number of likely N-dealkylation sites (N-methyl/N-ethyl adjacent to an activating group) is 1. The first-order valence-electron chi connectivity index (χ1n) is 8.32. The number of nitrogens with zero attached hydrogens (tertiary/aromatic N) is 2. The molecule has 25 heavy (non-hydrogen) atoms. The SMILES string of the molecule is CCc1ccccc1OCC(=O)Nc1ccnc(OCCN(C)C)c1. The van der Waals surface area contributed by atoms with Gasteiger partial charge in [0.25, 0.3) is 5.91 Å². The Hall–Kier alpha value is -2.60. The number of anilines is 1. The molecule has 0 aliphatic rings. The minimum absolute atomic E-state index is 0.0455. The van der Waals surface area contributed by atoms with Gasteiger partial charge in [-0.1, -0.05) is 25.1 Å². The first-order valence-corrected chi connectivity index (χ1v) is 8.32. The van der Waals surface area contributed by atoms with Crippen LogP contribution in [-0.2, 0) is 11.2 Å². The smallest absolute Gasteiger partial charge is 0.262 e. The molecule has 0 aliphatic heterocycles. The number of aromatic nitrogens is 1. The van der Waals surface area contributed by atoms with Crippen molar-refractivity contribution in [3.8, 4) is 11.6 Å². The number of hydrogen-bond acceptors (Lipinski definition) is 5. The van der Waals surface area contributed by atoms with E-state index in [0.29, 0.717) is 18.2 Å². The second-order valence-corrected chi connectivity index (χ2v) is 5.83. The number of ether oxygens (including phenoxy) is 2. The van der Waals surface area contributed by atoms with Gasteiger partial charge in [0.1, 0.15) is 12.4 Å². The van der Waals surface area contributed by atoms with Crippen molar-refractivity contribution >= 4 is 11.6 Å². The Balaban J connectivity index is 1.85. The number of benzene rings is 1. The van der Waals surface area contributed by atoms with E-state index in [1.165, 1.54) is 0 Å². The summed E-state index contributed by atoms with van der Waals surface area (Å²) in [6.07, 6.45) is 2.46. The maximum atomic E-state index is 12.1. The zero-order valence-electron chi connectivity index (χ0n) is 15.0. The third kappa shape index (κ3) is 6.43. The van der Waals surface area contributed by atoms with Gasteiger partial charge < -0.3 is 19.7 Å². The van der Waals surface area contributed by atoms with Gasteiger partial charge in [-0.25, -0.2) is 4.98 Å². The third-order valence-electron chi connectivity index (χ3n) is 3.52. The van der Waals surface area contributed by atoms with Crippen LogP contribution in [0.1, 0.15) is 12.5 Å². The molecule has 1 heterocycles. The highest BCUT2D eigenvalue weighted by Gasteiger charge is 2.07. The van der Waals surface area contributed by atoms with Crippen LogP contribution in [0, 0.1) is 0 Å². The van der Waals surface area contributed by atoms with E-state index in [4.69, 9.17) is 9.47 Å². The van der Waals surface area contributed by atoms with Crippen molar-refractivity contribution in [2.75, 3.05) is 39.2 Å². The molecule has 6 heteroatoms. The summed E-state index contributed by atoms with van der Waals surface area (Å²) in [6, 6.07) is 11.1. The van der Waals surface area contributed by atoms with Gasteiger partial charge in [-0.3, -0.25) is 4.79 Å². The van der Waals surface area contributed by atoms with Crippen LogP contribution in [0.4, 0.5) is 5.69 Å². The average Bonchev–Trinajstić information content (AvgIpc) is 2.60. The summed E-state index contributed by atoms with van der Waals surface area (Å²) in [5.41, 5.74) is 1.71. The summed E-state index contributed by atoms with van der Waals surface area (Å²) in [4.78, 5) is 18.3. The molecule has 1 N–H and O–H groups in total. The van der Waals surface area contributed by atoms with Crippen molar-refractivity contribution < 1.29 is 14.3 Å². The Morgan fingerprint density at radius 2 is 2.00 bits per heavy atom. The molecule has 2 aromatic rings. The van der Waals surface area contributed by atoms with Crippen molar-refractivity contribution in [2.24, 2.45) is 0 Å². The molecule has 0 aliphatic carbocycles. The van der Waals surface area contributed by atoms with E-state index in [-0.39, 0.29) is 12.5 Å². The lowest BCUT2D eigenvalue weighted by Crippen LogP contribution is -2.21. The number of carbonyl (C=O) groups is 1. The van der Waals surface area contributed by atoms with Crippen molar-refractivity contribution in [2.45, 2.75) is 13.3 Å². The minimum Gasteiger partial charge on any atom is -0.483 e. The molecular formula is C19H25N3O3. The first kappa shape index (κ1) is 18.7. The van der Waals surface area contributed by atoms with Crippen LogP contribution >= 0.6 is 0 Å². The zero-order chi connectivity index (χ0) is 18.1. The number of pyridine rings is 1. The number of rotatable bonds is 9. The van der Waals surface area contributed by atoms with Crippen LogP contribution in [0.15, 0.2) is 42.6 Å². The van der Waals surface area contributed by atoms with Crippen molar-refractivity contribution in [1.82, 2.24) is 9.88 Å². The highest BCUT2D eigenvalue weighted by Crippen LogP contribution is 2.18. The van der Waals surface area contributed by atoms with Gasteiger partial charge in [-0.05, 0) is 38.2 Å². The minimum atomic E-state index is -0.226. The monoisotopic (exact) mass is 343 g/mol. The summed E-state index contributed by atoms with van der Waals surface area (Å²) in [5.74, 6) is 0.996. The summed E-state index contributed by atoms with van der Waals surface area (Å²) in [6.45, 7) is 3.34. The van der Waals surface area contributed by atoms with Gasteiger partial charge in [0.05, 0.1) is 0 Å². The van der Waals surface area contributed by atoms with E-state index in [1.807, 2.05) is 43.3 Å². The molecule has 0 atom stereocenters. The van der Waals surface area contributed by atoms with E-state index < -0.39 is 0 Å². The molecule has 1 aromatic heterocycles. The Labute approximate surface area is 148 Å². The lowest BCUT2D eigenvalue weighted by Gasteiger charge is -2.12. The maximum absolute atomic E-state index is 12.1. The fourth-order valence-corrected chi connectivity index (χ4v) is 2.18. The Morgan fingerprint density at radius 1 is 1.20 bits per heavy atom. The summed E-state index contributed by atoms with van der Waals surface area (Å²) in [5, 5.41) is 2.79. The predicted molar refractivity (Wildman–Crippen MR) is 98.2 cm³/mol. The van der Waals surface area contributed by atoms with E-state index in [9.17, 15) is 4.79 Å². The molecule has 2 rings (SSSR count). The second-order valence-electron chi connectivity index (χ2n) is 5.83. The van der Waals surface area contributed by atoms with E-state index in [0.717, 1.165) is 24.3 Å². The standard InChI is InChI=1S/C19H25N3O3/c1-4-15-7-5-6-8-17(15)25-14-18(23)21-16-9-10-20-19(13-16)24-12-11-22(2)3/h5-10,13H,4,11-12,14H2,1-3H3,(H,20,21,23). The van der Waals surface area contributed by atoms with Gasteiger partial charge in [0.2, 0.25) is 5.88 Å². The Morgan fingerprint density at radius 3 is 2.76 bits per heavy atom. The normalized spacial score (nSPS) is 10.6. The summed E-state index contributed by atoms with van der Waals surface area (Å²) < 4.78 is 11.2. The lowest BCUT2D eigenvalue weighted by molar-refractivity contribution is -0.118. The molecule has 134 valence electrons. The number of hydrogen-bond donors (Lipinski definition) is 1. The lowest BCUT2D eigenvalue weighted by atomic mass is 10.1. The third-order valence-corrected chi connectivity index (χ3v) is 3.52. The second kappa shape index (κ2) is 9.64. The quantitative estimate of drug-likeness (QED) is 0.758. The van der Waals surface area contributed by atoms with Crippen LogP contribution in [0.25, 0.3) is 0 Å². The molecule has 0 spiro atoms. The van der Waals surface area contributed by atoms with Gasteiger partial charge in [0.15, 0.2) is 6.61 Å². The number of aryl methyl sites for hydroxylation is 1. The van der Waals surface area contributed by atoms with Gasteiger partial charge in [-0.15, -0.1) is 0 Å². The molecule has 1 aromatic carbocycles. The molecule has 1 amide bonds. The molecule has 6 nitrogen and oxygen atoms in total. The van der Waals surface area contributed by atoms with Crippen molar-refractivity contribution in [3.05, 3.63) is 48.2 Å². The number of amides is 1. The van der Waals surface area contributed by atoms with Gasteiger partial charge in [-0.2, -0.15) is 0 Å². The summed E-state index contributed by atoms with van der Waals surface area (Å²) in [7, 11) is 3.95. The van der Waals surface area contributed by atoms with Crippen LogP contribution in [0.2, 0.25) is 0 Å². The van der Waals surface area contributed by atoms with Crippen molar-refractivity contribution in [3.63, 3.8) is 0 Å². The number of nitrogens with one attached hydrogen (secondary N) is 1. The Kier molecular flexibility index (Phi) is 7.22. The van der Waals surface area contributed by atoms with Gasteiger partial charge >= 0.3 is 0 Å². The summed E-state index contributed by atoms with van der Waals surface area (Å²) >= 11 is 0.